The normalized spacial score (nSPS) is 19.1. The van der Waals surface area contributed by atoms with E-state index in [1.54, 1.807) is 0 Å². The number of hydrogen-bond acceptors (Lipinski definition) is 3. The number of carbonyl (C=O) groups excluding carboxylic acids is 2. The van der Waals surface area contributed by atoms with Gasteiger partial charge >= 0.3 is 6.18 Å². The Bertz CT molecular complexity index is 584. The van der Waals surface area contributed by atoms with Gasteiger partial charge in [-0.25, -0.2) is 0 Å². The van der Waals surface area contributed by atoms with E-state index in [-0.39, 0.29) is 17.6 Å². The number of piperidine rings is 1. The highest BCUT2D eigenvalue weighted by molar-refractivity contribution is 5.98. The number of rotatable bonds is 5. The van der Waals surface area contributed by atoms with E-state index < -0.39 is 11.7 Å². The van der Waals surface area contributed by atoms with Crippen LogP contribution in [-0.2, 0) is 11.0 Å². The molecule has 1 aromatic carbocycles. The molecule has 1 N–H and O–H groups in total. The van der Waals surface area contributed by atoms with E-state index in [0.717, 1.165) is 31.5 Å². The fraction of sp³-hybridized carbons (Fsp3) is 0.529. The highest BCUT2D eigenvalue weighted by Crippen LogP contribution is 2.30. The smallest absolute Gasteiger partial charge is 0.355 e. The lowest BCUT2D eigenvalue weighted by atomic mass is 9.89. The van der Waals surface area contributed by atoms with Crippen LogP contribution in [0.1, 0.15) is 35.7 Å². The van der Waals surface area contributed by atoms with Crippen molar-refractivity contribution in [2.75, 3.05) is 26.2 Å². The Balaban J connectivity index is 1.95. The zero-order valence-electron chi connectivity index (χ0n) is 13.5. The van der Waals surface area contributed by atoms with Gasteiger partial charge in [-0.3, -0.25) is 9.59 Å². The number of hydrogen-bond donors (Lipinski definition) is 1. The topological polar surface area (TPSA) is 49.4 Å². The maximum Gasteiger partial charge on any atom is 0.416 e. The SMILES string of the molecule is CC(=O)NCCN1CCC[C@@H](C(=O)c2ccc(C(F)(F)F)cc2)C1. The number of ketones is 1. The molecule has 1 saturated heterocycles. The van der Waals surface area contributed by atoms with Crippen LogP contribution < -0.4 is 5.32 Å². The lowest BCUT2D eigenvalue weighted by Gasteiger charge is -2.32. The predicted octanol–water partition coefficient (Wildman–Crippen LogP) is 2.74. The second-order valence-electron chi connectivity index (χ2n) is 6.06. The van der Waals surface area contributed by atoms with Crippen molar-refractivity contribution in [3.8, 4) is 0 Å². The van der Waals surface area contributed by atoms with Crippen LogP contribution in [-0.4, -0.2) is 42.8 Å². The monoisotopic (exact) mass is 342 g/mol. The third-order valence-electron chi connectivity index (χ3n) is 4.18. The highest BCUT2D eigenvalue weighted by Gasteiger charge is 2.31. The molecule has 0 bridgehead atoms. The minimum Gasteiger partial charge on any atom is -0.355 e. The van der Waals surface area contributed by atoms with Gasteiger partial charge in [-0.05, 0) is 31.5 Å². The van der Waals surface area contributed by atoms with Gasteiger partial charge in [-0.15, -0.1) is 0 Å². The molecule has 1 atom stereocenters. The standard InChI is InChI=1S/C17H21F3N2O2/c1-12(23)21-8-10-22-9-2-3-14(11-22)16(24)13-4-6-15(7-5-13)17(18,19)20/h4-7,14H,2-3,8-11H2,1H3,(H,21,23)/t14-/m1/s1. The zero-order valence-corrected chi connectivity index (χ0v) is 13.5. The number of likely N-dealkylation sites (tertiary alicyclic amines) is 1. The average Bonchev–Trinajstić information content (AvgIpc) is 2.53. The predicted molar refractivity (Wildman–Crippen MR) is 83.6 cm³/mol. The summed E-state index contributed by atoms with van der Waals surface area (Å²) in [5.41, 5.74) is -0.434. The van der Waals surface area contributed by atoms with E-state index in [0.29, 0.717) is 25.2 Å². The van der Waals surface area contributed by atoms with Crippen LogP contribution in [0.15, 0.2) is 24.3 Å². The molecule has 0 saturated carbocycles. The molecule has 132 valence electrons. The van der Waals surface area contributed by atoms with Gasteiger partial charge in [0.1, 0.15) is 0 Å². The van der Waals surface area contributed by atoms with E-state index in [4.69, 9.17) is 0 Å². The Morgan fingerprint density at radius 3 is 2.50 bits per heavy atom. The number of nitrogens with zero attached hydrogens (tertiary/aromatic N) is 1. The first kappa shape index (κ1) is 18.4. The van der Waals surface area contributed by atoms with Crippen molar-refractivity contribution < 1.29 is 22.8 Å². The van der Waals surface area contributed by atoms with Gasteiger partial charge in [0.2, 0.25) is 5.91 Å². The Labute approximate surface area is 139 Å². The molecule has 2 rings (SSSR count). The first-order chi connectivity index (χ1) is 11.3. The third-order valence-corrected chi connectivity index (χ3v) is 4.18. The van der Waals surface area contributed by atoms with Gasteiger partial charge in [-0.1, -0.05) is 12.1 Å². The third kappa shape index (κ3) is 5.06. The second-order valence-corrected chi connectivity index (χ2v) is 6.06. The number of carbonyl (C=O) groups is 2. The van der Waals surface area contributed by atoms with Crippen LogP contribution in [0.2, 0.25) is 0 Å². The first-order valence-electron chi connectivity index (χ1n) is 7.95. The molecule has 1 heterocycles. The van der Waals surface area contributed by atoms with Gasteiger partial charge in [-0.2, -0.15) is 13.2 Å². The van der Waals surface area contributed by atoms with Crippen LogP contribution in [0.25, 0.3) is 0 Å². The van der Waals surface area contributed by atoms with Crippen molar-refractivity contribution in [3.63, 3.8) is 0 Å². The fourth-order valence-electron chi connectivity index (χ4n) is 2.92. The molecule has 0 radical (unpaired) electrons. The Kier molecular flexibility index (Phi) is 5.99. The zero-order chi connectivity index (χ0) is 17.7. The molecule has 1 fully saturated rings. The van der Waals surface area contributed by atoms with Crippen molar-refractivity contribution in [3.05, 3.63) is 35.4 Å². The Morgan fingerprint density at radius 1 is 1.25 bits per heavy atom. The van der Waals surface area contributed by atoms with E-state index in [2.05, 4.69) is 10.2 Å². The van der Waals surface area contributed by atoms with Crippen LogP contribution in [0.3, 0.4) is 0 Å². The summed E-state index contributed by atoms with van der Waals surface area (Å²) in [7, 11) is 0. The molecule has 1 amide bonds. The quantitative estimate of drug-likeness (QED) is 0.837. The van der Waals surface area contributed by atoms with E-state index >= 15 is 0 Å². The molecule has 7 heteroatoms. The van der Waals surface area contributed by atoms with Gasteiger partial charge in [0.15, 0.2) is 5.78 Å². The van der Waals surface area contributed by atoms with E-state index in [1.807, 2.05) is 0 Å². The van der Waals surface area contributed by atoms with Crippen LogP contribution >= 0.6 is 0 Å². The molecule has 0 spiro atoms. The minimum absolute atomic E-state index is 0.0932. The lowest BCUT2D eigenvalue weighted by Crippen LogP contribution is -2.42. The van der Waals surface area contributed by atoms with Crippen molar-refractivity contribution in [2.24, 2.45) is 5.92 Å². The van der Waals surface area contributed by atoms with Crippen molar-refractivity contribution in [1.29, 1.82) is 0 Å². The molecule has 0 aromatic heterocycles. The van der Waals surface area contributed by atoms with Gasteiger partial charge in [0.25, 0.3) is 0 Å². The fourth-order valence-corrected chi connectivity index (χ4v) is 2.92. The van der Waals surface area contributed by atoms with Gasteiger partial charge in [0.05, 0.1) is 5.56 Å². The summed E-state index contributed by atoms with van der Waals surface area (Å²) in [6.45, 7) is 4.07. The minimum atomic E-state index is -4.40. The number of halogens is 3. The Hall–Kier alpha value is -1.89. The van der Waals surface area contributed by atoms with Crippen molar-refractivity contribution in [1.82, 2.24) is 10.2 Å². The first-order valence-corrected chi connectivity index (χ1v) is 7.95. The Morgan fingerprint density at radius 2 is 1.92 bits per heavy atom. The molecule has 4 nitrogen and oxygen atoms in total. The molecule has 0 unspecified atom stereocenters. The van der Waals surface area contributed by atoms with Crippen LogP contribution in [0.5, 0.6) is 0 Å². The maximum absolute atomic E-state index is 12.6. The molecule has 1 aromatic rings. The molecule has 1 aliphatic rings. The molecule has 1 aliphatic heterocycles. The summed E-state index contributed by atoms with van der Waals surface area (Å²) < 4.78 is 37.7. The summed E-state index contributed by atoms with van der Waals surface area (Å²) in [4.78, 5) is 25.5. The van der Waals surface area contributed by atoms with E-state index in [9.17, 15) is 22.8 Å². The summed E-state index contributed by atoms with van der Waals surface area (Å²) >= 11 is 0. The number of amides is 1. The summed E-state index contributed by atoms with van der Waals surface area (Å²) in [5, 5.41) is 2.72. The maximum atomic E-state index is 12.6. The lowest BCUT2D eigenvalue weighted by molar-refractivity contribution is -0.137. The van der Waals surface area contributed by atoms with Crippen molar-refractivity contribution in [2.45, 2.75) is 25.9 Å². The van der Waals surface area contributed by atoms with E-state index in [1.165, 1.54) is 19.1 Å². The average molecular weight is 342 g/mol. The number of benzene rings is 1. The number of alkyl halides is 3. The molecular formula is C17H21F3N2O2. The van der Waals surface area contributed by atoms with Crippen LogP contribution in [0, 0.1) is 5.92 Å². The number of Topliss-reactive ketones (excluding diaryl/α,β-unsaturated/α-hetero) is 1. The number of nitrogens with one attached hydrogen (secondary N) is 1. The highest BCUT2D eigenvalue weighted by atomic mass is 19.4. The van der Waals surface area contributed by atoms with Crippen molar-refractivity contribution >= 4 is 11.7 Å². The van der Waals surface area contributed by atoms with Crippen LogP contribution in [0.4, 0.5) is 13.2 Å². The molecule has 24 heavy (non-hydrogen) atoms. The largest absolute Gasteiger partial charge is 0.416 e. The van der Waals surface area contributed by atoms with Gasteiger partial charge in [0, 0.05) is 38.0 Å². The molecule has 0 aliphatic carbocycles. The summed E-state index contributed by atoms with van der Waals surface area (Å²) in [6, 6.07) is 4.40. The summed E-state index contributed by atoms with van der Waals surface area (Å²) in [5.74, 6) is -0.426. The molecular weight excluding hydrogens is 321 g/mol. The second kappa shape index (κ2) is 7.79. The van der Waals surface area contributed by atoms with Gasteiger partial charge < -0.3 is 10.2 Å². The summed E-state index contributed by atoms with van der Waals surface area (Å²) in [6.07, 6.45) is -2.81.